The Morgan fingerprint density at radius 3 is 2.47 bits per heavy atom. The highest BCUT2D eigenvalue weighted by Gasteiger charge is 2.44. The first-order valence-electron chi connectivity index (χ1n) is 9.70. The van der Waals surface area contributed by atoms with Gasteiger partial charge in [0.15, 0.2) is 0 Å². The molecule has 0 saturated heterocycles. The zero-order valence-corrected chi connectivity index (χ0v) is 16.8. The predicted molar refractivity (Wildman–Crippen MR) is 116 cm³/mol. The van der Waals surface area contributed by atoms with E-state index in [0.29, 0.717) is 10.7 Å². The van der Waals surface area contributed by atoms with Crippen molar-refractivity contribution in [1.29, 1.82) is 0 Å². The maximum absolute atomic E-state index is 14.2. The van der Waals surface area contributed by atoms with Gasteiger partial charge in [-0.25, -0.2) is 4.39 Å². The summed E-state index contributed by atoms with van der Waals surface area (Å²) in [6.45, 7) is 0. The molecule has 1 fully saturated rings. The average molecular weight is 423 g/mol. The SMILES string of the molecule is O=C(Cc1ccccc1)Nc1cc(NC(=O)C2CC2c2ccccc2Cl)ccc1F. The third-order valence-electron chi connectivity index (χ3n) is 5.15. The van der Waals surface area contributed by atoms with Crippen LogP contribution in [0.2, 0.25) is 5.02 Å². The number of anilines is 2. The topological polar surface area (TPSA) is 58.2 Å². The van der Waals surface area contributed by atoms with Crippen LogP contribution >= 0.6 is 11.6 Å². The Balaban J connectivity index is 1.39. The minimum absolute atomic E-state index is 0.0344. The molecule has 0 aromatic heterocycles. The smallest absolute Gasteiger partial charge is 0.228 e. The first-order chi connectivity index (χ1) is 14.5. The van der Waals surface area contributed by atoms with E-state index in [2.05, 4.69) is 10.6 Å². The highest BCUT2D eigenvalue weighted by atomic mass is 35.5. The molecule has 0 aliphatic heterocycles. The lowest BCUT2D eigenvalue weighted by Crippen LogP contribution is -2.17. The Hall–Kier alpha value is -3.18. The molecular weight excluding hydrogens is 403 g/mol. The van der Waals surface area contributed by atoms with Gasteiger partial charge in [-0.05, 0) is 47.7 Å². The fraction of sp³-hybridized carbons (Fsp3) is 0.167. The molecule has 0 radical (unpaired) electrons. The third kappa shape index (κ3) is 4.69. The van der Waals surface area contributed by atoms with Crippen molar-refractivity contribution >= 4 is 34.8 Å². The Kier molecular flexibility index (Phi) is 5.81. The van der Waals surface area contributed by atoms with Crippen molar-refractivity contribution in [2.75, 3.05) is 10.6 Å². The zero-order valence-electron chi connectivity index (χ0n) is 16.1. The predicted octanol–water partition coefficient (Wildman–Crippen LogP) is 5.40. The lowest BCUT2D eigenvalue weighted by molar-refractivity contribution is -0.117. The highest BCUT2D eigenvalue weighted by Crippen LogP contribution is 2.50. The molecule has 1 aliphatic rings. The van der Waals surface area contributed by atoms with E-state index in [4.69, 9.17) is 11.6 Å². The van der Waals surface area contributed by atoms with Crippen LogP contribution in [0.4, 0.5) is 15.8 Å². The maximum Gasteiger partial charge on any atom is 0.228 e. The Morgan fingerprint density at radius 2 is 1.70 bits per heavy atom. The molecule has 3 aromatic rings. The van der Waals surface area contributed by atoms with Crippen LogP contribution in [-0.2, 0) is 16.0 Å². The summed E-state index contributed by atoms with van der Waals surface area (Å²) < 4.78 is 14.2. The molecule has 0 bridgehead atoms. The normalized spacial score (nSPS) is 17.3. The molecule has 0 heterocycles. The van der Waals surface area contributed by atoms with Gasteiger partial charge in [-0.1, -0.05) is 60.1 Å². The standard InChI is InChI=1S/C24H20ClFN2O2/c25-20-9-5-4-8-17(20)18-14-19(18)24(30)27-16-10-11-21(26)22(13-16)28-23(29)12-15-6-2-1-3-7-15/h1-11,13,18-19H,12,14H2,(H,27,30)(H,28,29). The monoisotopic (exact) mass is 422 g/mol. The van der Waals surface area contributed by atoms with Crippen LogP contribution in [0.1, 0.15) is 23.5 Å². The number of carbonyl (C=O) groups excluding carboxylic acids is 2. The number of hydrogen-bond donors (Lipinski definition) is 2. The second-order valence-corrected chi connectivity index (χ2v) is 7.77. The molecule has 2 unspecified atom stereocenters. The number of benzene rings is 3. The van der Waals surface area contributed by atoms with Crippen molar-refractivity contribution in [3.05, 3.63) is 94.8 Å². The average Bonchev–Trinajstić information content (AvgIpc) is 3.52. The van der Waals surface area contributed by atoms with Gasteiger partial charge in [0, 0.05) is 16.6 Å². The molecule has 4 rings (SSSR count). The molecule has 6 heteroatoms. The van der Waals surface area contributed by atoms with Gasteiger partial charge < -0.3 is 10.6 Å². The van der Waals surface area contributed by atoms with Crippen molar-refractivity contribution in [3.63, 3.8) is 0 Å². The molecule has 0 spiro atoms. The molecule has 30 heavy (non-hydrogen) atoms. The quantitative estimate of drug-likeness (QED) is 0.558. The number of nitrogens with one attached hydrogen (secondary N) is 2. The molecule has 4 nitrogen and oxygen atoms in total. The van der Waals surface area contributed by atoms with Gasteiger partial charge in [-0.15, -0.1) is 0 Å². The molecule has 2 amide bonds. The summed E-state index contributed by atoms with van der Waals surface area (Å²) >= 11 is 6.22. The van der Waals surface area contributed by atoms with Crippen molar-refractivity contribution in [2.24, 2.45) is 5.92 Å². The van der Waals surface area contributed by atoms with Crippen molar-refractivity contribution < 1.29 is 14.0 Å². The van der Waals surface area contributed by atoms with E-state index in [-0.39, 0.29) is 35.8 Å². The third-order valence-corrected chi connectivity index (χ3v) is 5.49. The maximum atomic E-state index is 14.2. The molecule has 2 atom stereocenters. The molecule has 3 aromatic carbocycles. The lowest BCUT2D eigenvalue weighted by atomic mass is 10.1. The number of amides is 2. The van der Waals surface area contributed by atoms with E-state index in [1.165, 1.54) is 18.2 Å². The molecule has 1 aliphatic carbocycles. The van der Waals surface area contributed by atoms with Crippen LogP contribution in [0.3, 0.4) is 0 Å². The van der Waals surface area contributed by atoms with Gasteiger partial charge in [0.2, 0.25) is 11.8 Å². The van der Waals surface area contributed by atoms with Gasteiger partial charge in [0.05, 0.1) is 12.1 Å². The van der Waals surface area contributed by atoms with Crippen molar-refractivity contribution in [2.45, 2.75) is 18.8 Å². The molecule has 152 valence electrons. The summed E-state index contributed by atoms with van der Waals surface area (Å²) in [6.07, 6.45) is 0.857. The van der Waals surface area contributed by atoms with Crippen LogP contribution < -0.4 is 10.6 Å². The summed E-state index contributed by atoms with van der Waals surface area (Å²) in [5, 5.41) is 6.05. The first kappa shape index (κ1) is 20.1. The Morgan fingerprint density at radius 1 is 0.967 bits per heavy atom. The molecular formula is C24H20ClFN2O2. The van der Waals surface area contributed by atoms with E-state index in [9.17, 15) is 14.0 Å². The summed E-state index contributed by atoms with van der Waals surface area (Å²) in [5.74, 6) is -1.12. The second kappa shape index (κ2) is 8.67. The summed E-state index contributed by atoms with van der Waals surface area (Å²) in [5.41, 5.74) is 2.26. The van der Waals surface area contributed by atoms with Crippen molar-refractivity contribution in [3.8, 4) is 0 Å². The lowest BCUT2D eigenvalue weighted by Gasteiger charge is -2.10. The van der Waals surface area contributed by atoms with Gasteiger partial charge in [-0.3, -0.25) is 9.59 Å². The van der Waals surface area contributed by atoms with Crippen LogP contribution in [0.25, 0.3) is 0 Å². The number of rotatable bonds is 6. The van der Waals surface area contributed by atoms with E-state index in [0.717, 1.165) is 17.5 Å². The number of carbonyl (C=O) groups is 2. The van der Waals surface area contributed by atoms with Gasteiger partial charge in [0.25, 0.3) is 0 Å². The van der Waals surface area contributed by atoms with Crippen LogP contribution in [-0.4, -0.2) is 11.8 Å². The number of halogens is 2. The first-order valence-corrected chi connectivity index (χ1v) is 10.1. The summed E-state index contributed by atoms with van der Waals surface area (Å²) in [6, 6.07) is 20.8. The number of hydrogen-bond acceptors (Lipinski definition) is 2. The Labute approximate surface area is 179 Å². The summed E-state index contributed by atoms with van der Waals surface area (Å²) in [7, 11) is 0. The van der Waals surface area contributed by atoms with Crippen molar-refractivity contribution in [1.82, 2.24) is 0 Å². The van der Waals surface area contributed by atoms with Gasteiger partial charge in [-0.2, -0.15) is 0 Å². The van der Waals surface area contributed by atoms with Crippen LogP contribution in [0, 0.1) is 11.7 Å². The largest absolute Gasteiger partial charge is 0.326 e. The van der Waals surface area contributed by atoms with E-state index in [1.807, 2.05) is 54.6 Å². The van der Waals surface area contributed by atoms with Crippen LogP contribution in [0.15, 0.2) is 72.8 Å². The molecule has 1 saturated carbocycles. The minimum Gasteiger partial charge on any atom is -0.326 e. The summed E-state index contributed by atoms with van der Waals surface area (Å²) in [4.78, 5) is 24.8. The highest BCUT2D eigenvalue weighted by molar-refractivity contribution is 6.31. The van der Waals surface area contributed by atoms with Gasteiger partial charge in [0.1, 0.15) is 5.82 Å². The van der Waals surface area contributed by atoms with E-state index >= 15 is 0 Å². The fourth-order valence-corrected chi connectivity index (χ4v) is 3.79. The minimum atomic E-state index is -0.560. The fourth-order valence-electron chi connectivity index (χ4n) is 3.51. The Bertz CT molecular complexity index is 1090. The second-order valence-electron chi connectivity index (χ2n) is 7.36. The molecule has 2 N–H and O–H groups in total. The van der Waals surface area contributed by atoms with E-state index in [1.54, 1.807) is 0 Å². The zero-order chi connectivity index (χ0) is 21.1. The van der Waals surface area contributed by atoms with E-state index < -0.39 is 5.82 Å². The van der Waals surface area contributed by atoms with Crippen LogP contribution in [0.5, 0.6) is 0 Å². The van der Waals surface area contributed by atoms with Gasteiger partial charge >= 0.3 is 0 Å².